The van der Waals surface area contributed by atoms with Gasteiger partial charge in [-0.15, -0.1) is 0 Å². The molecule has 0 spiro atoms. The summed E-state index contributed by atoms with van der Waals surface area (Å²) in [6, 6.07) is 0. The minimum absolute atomic E-state index is 0.102. The molecule has 0 rings (SSSR count). The Morgan fingerprint density at radius 3 is 0.950 bits per heavy atom. The predicted octanol–water partition coefficient (Wildman–Crippen LogP) is 16.5. The maximum Gasteiger partial charge on any atom is 0.472 e. The molecular weight excluding hydrogens is 1070 g/mol. The molecular formula is C61H118O17P2. The Balaban J connectivity index is 5.23. The second-order valence-electron chi connectivity index (χ2n) is 22.8. The number of aliphatic hydroxyl groups is 1. The van der Waals surface area contributed by atoms with E-state index in [0.29, 0.717) is 25.7 Å². The molecule has 0 saturated carbocycles. The van der Waals surface area contributed by atoms with E-state index in [1.165, 1.54) is 103 Å². The average Bonchev–Trinajstić information content (AvgIpc) is 3.42. The predicted molar refractivity (Wildman–Crippen MR) is 317 cm³/mol. The van der Waals surface area contributed by atoms with Crippen molar-refractivity contribution in [1.82, 2.24) is 0 Å². The van der Waals surface area contributed by atoms with Crippen molar-refractivity contribution in [2.24, 2.45) is 11.8 Å². The maximum atomic E-state index is 12.9. The second kappa shape index (κ2) is 53.8. The number of rotatable bonds is 60. The van der Waals surface area contributed by atoms with Gasteiger partial charge >= 0.3 is 39.5 Å². The molecule has 0 aliphatic rings. The second-order valence-corrected chi connectivity index (χ2v) is 25.7. The van der Waals surface area contributed by atoms with Gasteiger partial charge in [0.1, 0.15) is 19.3 Å². The zero-order chi connectivity index (χ0) is 59.4. The van der Waals surface area contributed by atoms with Crippen molar-refractivity contribution >= 4 is 39.5 Å². The number of carbonyl (C=O) groups excluding carboxylic acids is 4. The van der Waals surface area contributed by atoms with Gasteiger partial charge in [-0.2, -0.15) is 0 Å². The molecule has 6 atom stereocenters. The van der Waals surface area contributed by atoms with E-state index in [0.717, 1.165) is 115 Å². The largest absolute Gasteiger partial charge is 0.472 e. The summed E-state index contributed by atoms with van der Waals surface area (Å²) in [4.78, 5) is 71.9. The van der Waals surface area contributed by atoms with Gasteiger partial charge in [0.15, 0.2) is 12.2 Å². The van der Waals surface area contributed by atoms with Crippen molar-refractivity contribution in [1.29, 1.82) is 0 Å². The number of phosphoric ester groups is 2. The molecule has 80 heavy (non-hydrogen) atoms. The monoisotopic (exact) mass is 1180 g/mol. The Morgan fingerprint density at radius 2 is 0.637 bits per heavy atom. The Labute approximate surface area is 486 Å². The minimum Gasteiger partial charge on any atom is -0.462 e. The molecule has 0 heterocycles. The summed E-state index contributed by atoms with van der Waals surface area (Å²) in [6.07, 6.45) is 35.0. The molecule has 0 aliphatic carbocycles. The number of carbonyl (C=O) groups is 4. The number of phosphoric acid groups is 2. The van der Waals surface area contributed by atoms with Crippen molar-refractivity contribution in [3.8, 4) is 0 Å². The van der Waals surface area contributed by atoms with E-state index in [2.05, 4.69) is 41.5 Å². The van der Waals surface area contributed by atoms with Crippen molar-refractivity contribution in [3.05, 3.63) is 0 Å². The standard InChI is InChI=1S/C61H118O17P2/c1-7-10-12-14-16-17-18-19-20-26-33-39-45-60(65)77-56(50-72-59(64)44-38-32-25-22-21-24-29-35-41-53(4)5)51-75-79(67,68)73-47-55(62)48-74-80(69,70)76-52-57(49-71-58(63)43-37-31-23-15-13-11-8-2)78-61(66)46-40-34-28-27-30-36-42-54(6)9-3/h53-57,62H,7-52H2,1-6H3,(H,67,68)(H,69,70)/t54?,55-,56-,57-/m1/s1. The van der Waals surface area contributed by atoms with Crippen molar-refractivity contribution in [2.75, 3.05) is 39.6 Å². The van der Waals surface area contributed by atoms with E-state index in [4.69, 9.17) is 37.0 Å². The lowest BCUT2D eigenvalue weighted by Crippen LogP contribution is -2.30. The lowest BCUT2D eigenvalue weighted by atomic mass is 10.00. The van der Waals surface area contributed by atoms with Crippen molar-refractivity contribution in [2.45, 2.75) is 317 Å². The smallest absolute Gasteiger partial charge is 0.462 e. The molecule has 0 aliphatic heterocycles. The van der Waals surface area contributed by atoms with E-state index in [1.54, 1.807) is 0 Å². The lowest BCUT2D eigenvalue weighted by Gasteiger charge is -2.21. The topological polar surface area (TPSA) is 237 Å². The van der Waals surface area contributed by atoms with Crippen LogP contribution >= 0.6 is 15.6 Å². The van der Waals surface area contributed by atoms with Crippen LogP contribution in [0.1, 0.15) is 298 Å². The molecule has 3 N–H and O–H groups in total. The molecule has 474 valence electrons. The number of aliphatic hydroxyl groups excluding tert-OH is 1. The first-order valence-electron chi connectivity index (χ1n) is 32.0. The van der Waals surface area contributed by atoms with Crippen LogP contribution in [0.3, 0.4) is 0 Å². The molecule has 0 aromatic carbocycles. The van der Waals surface area contributed by atoms with Gasteiger partial charge in [0, 0.05) is 25.7 Å². The zero-order valence-corrected chi connectivity index (χ0v) is 53.2. The van der Waals surface area contributed by atoms with Gasteiger partial charge in [-0.05, 0) is 37.5 Å². The minimum atomic E-state index is -4.94. The Morgan fingerprint density at radius 1 is 0.362 bits per heavy atom. The highest BCUT2D eigenvalue weighted by Gasteiger charge is 2.30. The summed E-state index contributed by atoms with van der Waals surface area (Å²) < 4.78 is 67.8. The summed E-state index contributed by atoms with van der Waals surface area (Å²) in [5.41, 5.74) is 0. The van der Waals surface area contributed by atoms with Gasteiger partial charge < -0.3 is 33.8 Å². The molecule has 19 heteroatoms. The molecule has 0 bridgehead atoms. The van der Waals surface area contributed by atoms with Crippen LogP contribution in [0.4, 0.5) is 0 Å². The van der Waals surface area contributed by atoms with Crippen LogP contribution in [0.2, 0.25) is 0 Å². The van der Waals surface area contributed by atoms with E-state index in [-0.39, 0.29) is 25.7 Å². The number of ether oxygens (including phenoxy) is 4. The molecule has 0 aromatic rings. The molecule has 0 amide bonds. The zero-order valence-electron chi connectivity index (χ0n) is 51.4. The van der Waals surface area contributed by atoms with Crippen molar-refractivity contribution < 1.29 is 80.2 Å². The maximum absolute atomic E-state index is 12.9. The molecule has 17 nitrogen and oxygen atoms in total. The molecule has 0 saturated heterocycles. The van der Waals surface area contributed by atoms with Crippen LogP contribution < -0.4 is 0 Å². The fourth-order valence-corrected chi connectivity index (χ4v) is 10.5. The summed E-state index contributed by atoms with van der Waals surface area (Å²) in [5, 5.41) is 10.5. The molecule has 0 radical (unpaired) electrons. The third-order valence-electron chi connectivity index (χ3n) is 14.3. The third kappa shape index (κ3) is 54.0. The van der Waals surface area contributed by atoms with E-state index in [9.17, 15) is 43.2 Å². The van der Waals surface area contributed by atoms with Crippen LogP contribution in [0, 0.1) is 11.8 Å². The first kappa shape index (κ1) is 78.1. The van der Waals surface area contributed by atoms with Crippen LogP contribution in [-0.4, -0.2) is 96.7 Å². The Bertz CT molecular complexity index is 1580. The molecule has 3 unspecified atom stereocenters. The highest BCUT2D eigenvalue weighted by Crippen LogP contribution is 2.45. The highest BCUT2D eigenvalue weighted by molar-refractivity contribution is 7.47. The number of esters is 4. The van der Waals surface area contributed by atoms with Crippen LogP contribution in [-0.2, 0) is 65.4 Å². The number of unbranched alkanes of at least 4 members (excludes halogenated alkanes) is 29. The number of hydrogen-bond acceptors (Lipinski definition) is 15. The molecule has 0 fully saturated rings. The lowest BCUT2D eigenvalue weighted by molar-refractivity contribution is -0.161. The summed E-state index contributed by atoms with van der Waals surface area (Å²) in [5.74, 6) is -0.697. The SMILES string of the molecule is CCCCCCCCCCCCCCC(=O)O[C@H](COC(=O)CCCCCCCCCCC(C)C)COP(=O)(O)OC[C@@H](O)COP(=O)(O)OC[C@@H](COC(=O)CCCCCCCCC)OC(=O)CCCCCCCCC(C)CC. The van der Waals surface area contributed by atoms with Crippen LogP contribution in [0.5, 0.6) is 0 Å². The van der Waals surface area contributed by atoms with Gasteiger partial charge in [-0.1, -0.05) is 247 Å². The summed E-state index contributed by atoms with van der Waals surface area (Å²) in [7, 11) is -9.88. The van der Waals surface area contributed by atoms with E-state index >= 15 is 0 Å². The van der Waals surface area contributed by atoms with Crippen LogP contribution in [0.25, 0.3) is 0 Å². The molecule has 0 aromatic heterocycles. The highest BCUT2D eigenvalue weighted by atomic mass is 31.2. The number of hydrogen-bond donors (Lipinski definition) is 3. The van der Waals surface area contributed by atoms with Gasteiger partial charge in [-0.25, -0.2) is 9.13 Å². The van der Waals surface area contributed by atoms with E-state index < -0.39 is 97.5 Å². The summed E-state index contributed by atoms with van der Waals surface area (Å²) in [6.45, 7) is 9.34. The first-order chi connectivity index (χ1) is 38.4. The normalized spacial score (nSPS) is 14.7. The average molecular weight is 1190 g/mol. The summed E-state index contributed by atoms with van der Waals surface area (Å²) >= 11 is 0. The first-order valence-corrected chi connectivity index (χ1v) is 35.0. The van der Waals surface area contributed by atoms with E-state index in [1.807, 2.05) is 0 Å². The third-order valence-corrected chi connectivity index (χ3v) is 16.2. The van der Waals surface area contributed by atoms with Gasteiger partial charge in [0.05, 0.1) is 26.4 Å². The van der Waals surface area contributed by atoms with Gasteiger partial charge in [0.25, 0.3) is 0 Å². The Hall–Kier alpha value is -1.94. The fourth-order valence-electron chi connectivity index (χ4n) is 8.97. The van der Waals surface area contributed by atoms with Gasteiger partial charge in [-0.3, -0.25) is 37.3 Å². The van der Waals surface area contributed by atoms with Crippen LogP contribution in [0.15, 0.2) is 0 Å². The van der Waals surface area contributed by atoms with Crippen molar-refractivity contribution in [3.63, 3.8) is 0 Å². The fraction of sp³-hybridized carbons (Fsp3) is 0.934. The van der Waals surface area contributed by atoms with Gasteiger partial charge in [0.2, 0.25) is 0 Å². The Kier molecular flexibility index (Phi) is 52.5. The quantitative estimate of drug-likeness (QED) is 0.0222.